The first-order chi connectivity index (χ1) is 11.0. The molecule has 0 bridgehead atoms. The third-order valence-corrected chi connectivity index (χ3v) is 3.28. The Kier molecular flexibility index (Phi) is 5.78. The number of nitrogens with one attached hydrogen (secondary N) is 1. The molecule has 1 aromatic carbocycles. The number of carbonyl (C=O) groups is 1. The number of methoxy groups -OCH3 is 1. The zero-order valence-corrected chi connectivity index (χ0v) is 13.0. The van der Waals surface area contributed by atoms with Crippen molar-refractivity contribution in [2.45, 2.75) is 25.5 Å². The van der Waals surface area contributed by atoms with E-state index in [-0.39, 0.29) is 42.5 Å². The van der Waals surface area contributed by atoms with Gasteiger partial charge in [0.25, 0.3) is 0 Å². The molecule has 0 saturated carbocycles. The fourth-order valence-electron chi connectivity index (χ4n) is 1.99. The highest BCUT2D eigenvalue weighted by atomic mass is 19.1. The van der Waals surface area contributed by atoms with Crippen molar-refractivity contribution in [1.29, 1.82) is 0 Å². The second kappa shape index (κ2) is 7.80. The molecule has 23 heavy (non-hydrogen) atoms. The molecule has 2 atom stereocenters. The second-order valence-electron chi connectivity index (χ2n) is 5.05. The molecule has 2 unspecified atom stereocenters. The number of nitrogens with two attached hydrogens (primary N) is 1. The Morgan fingerprint density at radius 3 is 2.96 bits per heavy atom. The molecule has 8 heteroatoms. The normalized spacial score (nSPS) is 13.6. The first-order valence-corrected chi connectivity index (χ1v) is 7.15. The lowest BCUT2D eigenvalue weighted by molar-refractivity contribution is -0.124. The van der Waals surface area contributed by atoms with Crippen LogP contribution in [0.1, 0.15) is 25.3 Å². The van der Waals surface area contributed by atoms with Crippen LogP contribution in [-0.4, -0.2) is 35.8 Å². The number of hydrogen-bond donors (Lipinski definition) is 2. The lowest BCUT2D eigenvalue weighted by Gasteiger charge is -2.14. The number of rotatable bonds is 7. The van der Waals surface area contributed by atoms with Gasteiger partial charge in [0.1, 0.15) is 11.9 Å². The number of hydrogen-bond acceptors (Lipinski definition) is 6. The molecule has 2 aromatic rings. The summed E-state index contributed by atoms with van der Waals surface area (Å²) in [7, 11) is 1.50. The van der Waals surface area contributed by atoms with Crippen LogP contribution in [0.3, 0.4) is 0 Å². The van der Waals surface area contributed by atoms with Gasteiger partial charge in [0.05, 0.1) is 12.5 Å². The van der Waals surface area contributed by atoms with Gasteiger partial charge in [0, 0.05) is 19.2 Å². The first-order valence-electron chi connectivity index (χ1n) is 7.15. The maximum absolute atomic E-state index is 13.2. The maximum Gasteiger partial charge on any atom is 0.249 e. The lowest BCUT2D eigenvalue weighted by Crippen LogP contribution is -2.33. The molecule has 124 valence electrons. The van der Waals surface area contributed by atoms with Crippen molar-refractivity contribution in [3.05, 3.63) is 36.0 Å². The van der Waals surface area contributed by atoms with Crippen molar-refractivity contribution in [2.75, 3.05) is 13.7 Å². The van der Waals surface area contributed by atoms with E-state index in [4.69, 9.17) is 15.0 Å². The van der Waals surface area contributed by atoms with Gasteiger partial charge in [-0.2, -0.15) is 4.98 Å². The molecule has 2 rings (SSSR count). The topological polar surface area (TPSA) is 103 Å². The van der Waals surface area contributed by atoms with Gasteiger partial charge in [-0.05, 0) is 19.1 Å². The van der Waals surface area contributed by atoms with Crippen LogP contribution >= 0.6 is 0 Å². The van der Waals surface area contributed by atoms with Gasteiger partial charge in [-0.25, -0.2) is 4.39 Å². The smallest absolute Gasteiger partial charge is 0.249 e. The van der Waals surface area contributed by atoms with Gasteiger partial charge in [-0.3, -0.25) is 4.79 Å². The third-order valence-electron chi connectivity index (χ3n) is 3.28. The summed E-state index contributed by atoms with van der Waals surface area (Å²) in [6.45, 7) is 1.97. The summed E-state index contributed by atoms with van der Waals surface area (Å²) in [6.07, 6.45) is -0.199. The Hall–Kier alpha value is -2.32. The van der Waals surface area contributed by atoms with E-state index in [0.29, 0.717) is 5.56 Å². The Bertz CT molecular complexity index is 658. The summed E-state index contributed by atoms with van der Waals surface area (Å²) in [6, 6.07) is 5.39. The Balaban J connectivity index is 2.01. The summed E-state index contributed by atoms with van der Waals surface area (Å²) in [4.78, 5) is 16.1. The van der Waals surface area contributed by atoms with Gasteiger partial charge in [0.2, 0.25) is 17.6 Å². The van der Waals surface area contributed by atoms with Gasteiger partial charge < -0.3 is 20.3 Å². The van der Waals surface area contributed by atoms with Crippen molar-refractivity contribution in [1.82, 2.24) is 15.5 Å². The number of amides is 1. The number of aromatic nitrogens is 2. The molecule has 0 aliphatic heterocycles. The summed E-state index contributed by atoms with van der Waals surface area (Å²) in [5, 5.41) is 6.53. The van der Waals surface area contributed by atoms with Crippen molar-refractivity contribution in [3.63, 3.8) is 0 Å². The molecule has 1 aromatic heterocycles. The summed E-state index contributed by atoms with van der Waals surface area (Å²) in [5.74, 6) is -0.125. The zero-order chi connectivity index (χ0) is 16.8. The molecule has 0 aliphatic rings. The van der Waals surface area contributed by atoms with Crippen molar-refractivity contribution >= 4 is 5.91 Å². The number of benzene rings is 1. The van der Waals surface area contributed by atoms with E-state index in [0.717, 1.165) is 0 Å². The Morgan fingerprint density at radius 2 is 2.30 bits per heavy atom. The van der Waals surface area contributed by atoms with E-state index in [1.54, 1.807) is 19.1 Å². The Morgan fingerprint density at radius 1 is 1.52 bits per heavy atom. The molecule has 3 N–H and O–H groups in total. The second-order valence-corrected chi connectivity index (χ2v) is 5.05. The predicted molar refractivity (Wildman–Crippen MR) is 80.7 cm³/mol. The standard InChI is InChI=1S/C15H19FN4O3/c1-9(18-13(21)7-12(8-17)22-2)15-19-14(20-23-15)10-4-3-5-11(16)6-10/h3-6,9,12H,7-8,17H2,1-2H3,(H,18,21). The van der Waals surface area contributed by atoms with E-state index in [2.05, 4.69) is 15.5 Å². The molecule has 0 fully saturated rings. The van der Waals surface area contributed by atoms with Gasteiger partial charge in [0.15, 0.2) is 0 Å². The van der Waals surface area contributed by atoms with E-state index < -0.39 is 6.04 Å². The fourth-order valence-corrected chi connectivity index (χ4v) is 1.99. The van der Waals surface area contributed by atoms with Gasteiger partial charge in [-0.15, -0.1) is 0 Å². The molecule has 0 aliphatic carbocycles. The molecule has 1 amide bonds. The first kappa shape index (κ1) is 17.0. The van der Waals surface area contributed by atoms with Gasteiger partial charge >= 0.3 is 0 Å². The maximum atomic E-state index is 13.2. The molecule has 0 spiro atoms. The van der Waals surface area contributed by atoms with Crippen LogP contribution in [0.2, 0.25) is 0 Å². The van der Waals surface area contributed by atoms with Crippen LogP contribution in [-0.2, 0) is 9.53 Å². The third kappa shape index (κ3) is 4.57. The van der Waals surface area contributed by atoms with Crippen LogP contribution in [0.5, 0.6) is 0 Å². The monoisotopic (exact) mass is 322 g/mol. The van der Waals surface area contributed by atoms with E-state index in [9.17, 15) is 9.18 Å². The molecule has 0 radical (unpaired) electrons. The predicted octanol–water partition coefficient (Wildman–Crippen LogP) is 1.42. The molecule has 0 saturated heterocycles. The largest absolute Gasteiger partial charge is 0.380 e. The van der Waals surface area contributed by atoms with Crippen molar-refractivity contribution in [2.24, 2.45) is 5.73 Å². The lowest BCUT2D eigenvalue weighted by atomic mass is 10.2. The number of halogens is 1. The number of carbonyl (C=O) groups excluding carboxylic acids is 1. The molecule has 7 nitrogen and oxygen atoms in total. The minimum atomic E-state index is -0.479. The summed E-state index contributed by atoms with van der Waals surface area (Å²) >= 11 is 0. The van der Waals surface area contributed by atoms with Crippen LogP contribution in [0, 0.1) is 5.82 Å². The SMILES string of the molecule is COC(CN)CC(=O)NC(C)c1nc(-c2cccc(F)c2)no1. The number of ether oxygens (including phenoxy) is 1. The molecular formula is C15H19FN4O3. The van der Waals surface area contributed by atoms with Crippen LogP contribution in [0.15, 0.2) is 28.8 Å². The van der Waals surface area contributed by atoms with Crippen LogP contribution in [0.4, 0.5) is 4.39 Å². The van der Waals surface area contributed by atoms with Gasteiger partial charge in [-0.1, -0.05) is 17.3 Å². The highest BCUT2D eigenvalue weighted by Gasteiger charge is 2.19. The minimum Gasteiger partial charge on any atom is -0.380 e. The summed E-state index contributed by atoms with van der Waals surface area (Å²) < 4.78 is 23.4. The average molecular weight is 322 g/mol. The van der Waals surface area contributed by atoms with E-state index >= 15 is 0 Å². The van der Waals surface area contributed by atoms with E-state index in [1.807, 2.05) is 0 Å². The average Bonchev–Trinajstić information content (AvgIpc) is 3.02. The fraction of sp³-hybridized carbons (Fsp3) is 0.400. The number of nitrogens with zero attached hydrogens (tertiary/aromatic N) is 2. The minimum absolute atomic E-state index is 0.141. The highest BCUT2D eigenvalue weighted by molar-refractivity contribution is 5.76. The van der Waals surface area contributed by atoms with Crippen molar-refractivity contribution in [3.8, 4) is 11.4 Å². The van der Waals surface area contributed by atoms with E-state index in [1.165, 1.54) is 19.2 Å². The molecule has 1 heterocycles. The van der Waals surface area contributed by atoms with Crippen molar-refractivity contribution < 1.29 is 18.4 Å². The zero-order valence-electron chi connectivity index (χ0n) is 13.0. The summed E-state index contributed by atoms with van der Waals surface area (Å²) in [5.41, 5.74) is 5.98. The quantitative estimate of drug-likeness (QED) is 0.799. The Labute approximate surface area is 133 Å². The molecular weight excluding hydrogens is 303 g/mol. The van der Waals surface area contributed by atoms with Crippen LogP contribution in [0.25, 0.3) is 11.4 Å². The van der Waals surface area contributed by atoms with Crippen LogP contribution < -0.4 is 11.1 Å². The highest BCUT2D eigenvalue weighted by Crippen LogP contribution is 2.19.